The zero-order chi connectivity index (χ0) is 57.6. The van der Waals surface area contributed by atoms with Crippen molar-refractivity contribution in [3.63, 3.8) is 0 Å². The molecule has 0 radical (unpaired) electrons. The molecule has 0 aliphatic rings. The Morgan fingerprint density at radius 2 is 0.500 bits per heavy atom. The van der Waals surface area contributed by atoms with Gasteiger partial charge in [-0.1, -0.05) is 300 Å². The summed E-state index contributed by atoms with van der Waals surface area (Å²) in [6, 6.07) is 0. The number of aliphatic hydroxyl groups excluding tert-OH is 1. The molecule has 0 saturated carbocycles. The number of ether oxygens (including phenoxy) is 2. The topological polar surface area (TPSA) is 72.8 Å². The molecule has 0 spiro atoms. The lowest BCUT2D eigenvalue weighted by atomic mass is 10.0. The standard InChI is InChI=1S/C75H120O5/c1-3-5-7-9-11-13-15-17-19-21-23-25-27-29-31-33-35-36-37-38-40-42-44-46-48-50-52-54-56-58-60-62-64-66-68-70-75(78)80-73(71-76)72-79-74(77)69-67-65-63-61-59-57-55-53-51-49-47-45-43-41-39-34-32-30-28-26-24-22-20-18-16-14-12-10-8-6-4-2/h5-8,11-14,17-20,23-26,29-32,35-36,38,40,44,46,50,52,73,76H,3-4,9-10,15-16,21-22,27-28,33-34,37,39,41-43,45,47-49,51,53-72H2,1-2H3/b7-5-,8-6-,13-11-,14-12-,19-17-,20-18-,25-23-,26-24-,31-29-,32-30-,36-35-,40-38-,46-44-,52-50-. The summed E-state index contributed by atoms with van der Waals surface area (Å²) in [7, 11) is 0. The van der Waals surface area contributed by atoms with Crippen LogP contribution in [0.25, 0.3) is 0 Å². The summed E-state index contributed by atoms with van der Waals surface area (Å²) in [4.78, 5) is 24.6. The van der Waals surface area contributed by atoms with E-state index in [0.29, 0.717) is 12.8 Å². The van der Waals surface area contributed by atoms with Crippen LogP contribution in [-0.2, 0) is 19.1 Å². The lowest BCUT2D eigenvalue weighted by molar-refractivity contribution is -0.161. The maximum atomic E-state index is 12.4. The van der Waals surface area contributed by atoms with Crippen LogP contribution in [0.4, 0.5) is 0 Å². The van der Waals surface area contributed by atoms with Gasteiger partial charge in [-0.3, -0.25) is 9.59 Å². The molecule has 0 bridgehead atoms. The van der Waals surface area contributed by atoms with Gasteiger partial charge < -0.3 is 14.6 Å². The summed E-state index contributed by atoms with van der Waals surface area (Å²) in [5.74, 6) is -0.609. The van der Waals surface area contributed by atoms with Crippen LogP contribution in [0.1, 0.15) is 271 Å². The Kier molecular flexibility index (Phi) is 64.5. The van der Waals surface area contributed by atoms with Crippen molar-refractivity contribution in [1.82, 2.24) is 0 Å². The van der Waals surface area contributed by atoms with Gasteiger partial charge in [0.2, 0.25) is 0 Å². The molecular formula is C75H120O5. The number of hydrogen-bond acceptors (Lipinski definition) is 5. The fourth-order valence-corrected chi connectivity index (χ4v) is 8.69. The van der Waals surface area contributed by atoms with Gasteiger partial charge in [-0.15, -0.1) is 0 Å². The van der Waals surface area contributed by atoms with E-state index >= 15 is 0 Å². The third-order valence-corrected chi connectivity index (χ3v) is 13.5. The minimum atomic E-state index is -0.792. The number of carbonyl (C=O) groups excluding carboxylic acids is 2. The van der Waals surface area contributed by atoms with Crippen molar-refractivity contribution in [3.8, 4) is 0 Å². The van der Waals surface area contributed by atoms with Crippen molar-refractivity contribution in [2.24, 2.45) is 0 Å². The molecule has 0 aromatic heterocycles. The van der Waals surface area contributed by atoms with Crippen LogP contribution in [0.3, 0.4) is 0 Å². The predicted octanol–water partition coefficient (Wildman–Crippen LogP) is 22.9. The van der Waals surface area contributed by atoms with Gasteiger partial charge in [0.25, 0.3) is 0 Å². The van der Waals surface area contributed by atoms with Gasteiger partial charge in [-0.2, -0.15) is 0 Å². The highest BCUT2D eigenvalue weighted by molar-refractivity contribution is 5.70. The van der Waals surface area contributed by atoms with Crippen molar-refractivity contribution in [3.05, 3.63) is 170 Å². The number of carbonyl (C=O) groups is 2. The van der Waals surface area contributed by atoms with Gasteiger partial charge in [0.15, 0.2) is 6.10 Å². The zero-order valence-electron chi connectivity index (χ0n) is 51.5. The second kappa shape index (κ2) is 68.5. The van der Waals surface area contributed by atoms with Crippen LogP contribution >= 0.6 is 0 Å². The monoisotopic (exact) mass is 1100 g/mol. The first-order valence-electron chi connectivity index (χ1n) is 32.7. The summed E-state index contributed by atoms with van der Waals surface area (Å²) in [5.41, 5.74) is 0. The van der Waals surface area contributed by atoms with Crippen LogP contribution in [-0.4, -0.2) is 36.4 Å². The number of hydrogen-bond donors (Lipinski definition) is 1. The summed E-state index contributed by atoms with van der Waals surface area (Å²) in [6.45, 7) is 3.91. The molecule has 80 heavy (non-hydrogen) atoms. The maximum absolute atomic E-state index is 12.4. The first-order chi connectivity index (χ1) is 39.6. The van der Waals surface area contributed by atoms with Crippen molar-refractivity contribution >= 4 is 11.9 Å². The van der Waals surface area contributed by atoms with Crippen LogP contribution in [0.2, 0.25) is 0 Å². The molecule has 5 nitrogen and oxygen atoms in total. The van der Waals surface area contributed by atoms with Crippen molar-refractivity contribution in [1.29, 1.82) is 0 Å². The second-order valence-electron chi connectivity index (χ2n) is 21.1. The highest BCUT2D eigenvalue weighted by Crippen LogP contribution is 2.16. The van der Waals surface area contributed by atoms with E-state index in [4.69, 9.17) is 9.47 Å². The molecule has 0 rings (SSSR count). The summed E-state index contributed by atoms with van der Waals surface area (Å²) in [6.07, 6.45) is 106. The van der Waals surface area contributed by atoms with E-state index in [1.165, 1.54) is 109 Å². The molecule has 5 heteroatoms. The highest BCUT2D eigenvalue weighted by atomic mass is 16.6. The molecule has 1 N–H and O–H groups in total. The average Bonchev–Trinajstić information content (AvgIpc) is 3.46. The smallest absolute Gasteiger partial charge is 0.306 e. The summed E-state index contributed by atoms with van der Waals surface area (Å²) in [5, 5.41) is 9.69. The molecule has 0 heterocycles. The average molecular weight is 1100 g/mol. The third kappa shape index (κ3) is 65.8. The third-order valence-electron chi connectivity index (χ3n) is 13.5. The first-order valence-corrected chi connectivity index (χ1v) is 32.7. The van der Waals surface area contributed by atoms with Crippen LogP contribution in [0, 0.1) is 0 Å². The summed E-state index contributed by atoms with van der Waals surface area (Å²) >= 11 is 0. The molecule has 0 aromatic rings. The maximum Gasteiger partial charge on any atom is 0.306 e. The van der Waals surface area contributed by atoms with E-state index in [-0.39, 0.29) is 25.2 Å². The van der Waals surface area contributed by atoms with E-state index in [2.05, 4.69) is 184 Å². The Morgan fingerprint density at radius 1 is 0.287 bits per heavy atom. The minimum Gasteiger partial charge on any atom is -0.462 e. The normalized spacial score (nSPS) is 13.4. The predicted molar refractivity (Wildman–Crippen MR) is 352 cm³/mol. The largest absolute Gasteiger partial charge is 0.462 e. The van der Waals surface area contributed by atoms with E-state index in [9.17, 15) is 14.7 Å². The quantitative estimate of drug-likeness (QED) is 0.0373. The van der Waals surface area contributed by atoms with Crippen molar-refractivity contribution in [2.45, 2.75) is 277 Å². The van der Waals surface area contributed by atoms with Crippen molar-refractivity contribution < 1.29 is 24.2 Å². The number of esters is 2. The molecule has 0 saturated heterocycles. The molecular weight excluding hydrogens is 981 g/mol. The van der Waals surface area contributed by atoms with Crippen LogP contribution < -0.4 is 0 Å². The molecule has 450 valence electrons. The molecule has 0 aliphatic carbocycles. The van der Waals surface area contributed by atoms with Crippen molar-refractivity contribution in [2.75, 3.05) is 13.2 Å². The molecule has 0 aromatic carbocycles. The molecule has 0 fully saturated rings. The van der Waals surface area contributed by atoms with E-state index in [1.54, 1.807) is 0 Å². The van der Waals surface area contributed by atoms with Crippen LogP contribution in [0.15, 0.2) is 170 Å². The number of aliphatic hydroxyl groups is 1. The molecule has 0 aliphatic heterocycles. The van der Waals surface area contributed by atoms with Gasteiger partial charge in [0.1, 0.15) is 6.61 Å². The van der Waals surface area contributed by atoms with Gasteiger partial charge in [-0.25, -0.2) is 0 Å². The Labute approximate surface area is 493 Å². The number of allylic oxidation sites excluding steroid dienone is 28. The minimum absolute atomic E-state index is 0.0795. The highest BCUT2D eigenvalue weighted by Gasteiger charge is 2.16. The fraction of sp³-hybridized carbons (Fsp3) is 0.600. The lowest BCUT2D eigenvalue weighted by Crippen LogP contribution is -2.28. The molecule has 0 amide bonds. The number of unbranched alkanes of at least 4 members (excludes halogenated alkanes) is 22. The van der Waals surface area contributed by atoms with Gasteiger partial charge in [0.05, 0.1) is 6.61 Å². The lowest BCUT2D eigenvalue weighted by Gasteiger charge is -2.15. The Morgan fingerprint density at radius 3 is 0.750 bits per heavy atom. The SMILES string of the molecule is CC/C=C\C/C=C\C/C=C\C/C=C\C/C=C\C/C=C\C/C=C\C/C=C\C/C=C\CCCCCCCCCC(=O)OC(CO)COC(=O)CCCCCCCCCCCCCCCCC/C=C\C/C=C\C/C=C\C/C=C\C/C=C\CC. The van der Waals surface area contributed by atoms with Gasteiger partial charge >= 0.3 is 11.9 Å². The Hall–Kier alpha value is -4.74. The zero-order valence-corrected chi connectivity index (χ0v) is 51.5. The summed E-state index contributed by atoms with van der Waals surface area (Å²) < 4.78 is 10.7. The Balaban J connectivity index is 3.57. The van der Waals surface area contributed by atoms with E-state index in [1.807, 2.05) is 0 Å². The second-order valence-corrected chi connectivity index (χ2v) is 21.1. The van der Waals surface area contributed by atoms with E-state index < -0.39 is 6.10 Å². The molecule has 1 atom stereocenters. The fourth-order valence-electron chi connectivity index (χ4n) is 8.69. The first kappa shape index (κ1) is 75.3. The number of rotatable bonds is 58. The van der Waals surface area contributed by atoms with Gasteiger partial charge in [0, 0.05) is 12.8 Å². The Bertz CT molecular complexity index is 1770. The van der Waals surface area contributed by atoms with Gasteiger partial charge in [-0.05, 0) is 128 Å². The van der Waals surface area contributed by atoms with Crippen LogP contribution in [0.5, 0.6) is 0 Å². The van der Waals surface area contributed by atoms with E-state index in [0.717, 1.165) is 135 Å². The molecule has 1 unspecified atom stereocenters.